The molecule has 0 amide bonds. The lowest BCUT2D eigenvalue weighted by molar-refractivity contribution is -0.144. The predicted octanol–water partition coefficient (Wildman–Crippen LogP) is 3.36. The fraction of sp³-hybridized carbons (Fsp3) is 0.562. The van der Waals surface area contributed by atoms with Crippen molar-refractivity contribution in [1.82, 2.24) is 4.90 Å². The van der Waals surface area contributed by atoms with Gasteiger partial charge in [0.2, 0.25) is 0 Å². The zero-order valence-electron chi connectivity index (χ0n) is 12.3. The van der Waals surface area contributed by atoms with Gasteiger partial charge in [0.25, 0.3) is 0 Å². The molecular weight excluding hydrogens is 290 g/mol. The van der Waals surface area contributed by atoms with Crippen molar-refractivity contribution in [3.8, 4) is 5.75 Å². The van der Waals surface area contributed by atoms with Crippen molar-refractivity contribution in [2.24, 2.45) is 0 Å². The van der Waals surface area contributed by atoms with E-state index in [2.05, 4.69) is 4.90 Å². The predicted molar refractivity (Wildman–Crippen MR) is 83.1 cm³/mol. The van der Waals surface area contributed by atoms with Crippen LogP contribution in [0.5, 0.6) is 5.75 Å². The highest BCUT2D eigenvalue weighted by Crippen LogP contribution is 2.21. The Hall–Kier alpha value is -1.26. The van der Waals surface area contributed by atoms with E-state index in [9.17, 15) is 9.90 Å². The van der Waals surface area contributed by atoms with Gasteiger partial charge in [0.05, 0.1) is 6.61 Å². The number of ether oxygens (including phenoxy) is 1. The number of carboxylic acids is 1. The van der Waals surface area contributed by atoms with Gasteiger partial charge in [-0.2, -0.15) is 0 Å². The SMILES string of the molecule is Cc1cc(OCCCN2CCCCC2C(=O)O)ccc1Cl. The lowest BCUT2D eigenvalue weighted by Gasteiger charge is -2.32. The molecule has 1 fully saturated rings. The van der Waals surface area contributed by atoms with Gasteiger partial charge in [0.1, 0.15) is 11.8 Å². The number of aryl methyl sites for hydroxylation is 1. The van der Waals surface area contributed by atoms with Gasteiger partial charge in [0.15, 0.2) is 0 Å². The Morgan fingerprint density at radius 3 is 3.00 bits per heavy atom. The van der Waals surface area contributed by atoms with Crippen molar-refractivity contribution >= 4 is 17.6 Å². The molecule has 0 radical (unpaired) electrons. The number of benzene rings is 1. The van der Waals surface area contributed by atoms with Crippen LogP contribution in [0, 0.1) is 6.92 Å². The monoisotopic (exact) mass is 311 g/mol. The van der Waals surface area contributed by atoms with Gasteiger partial charge in [-0.1, -0.05) is 18.0 Å². The fourth-order valence-corrected chi connectivity index (χ4v) is 2.82. The summed E-state index contributed by atoms with van der Waals surface area (Å²) in [6, 6.07) is 5.29. The van der Waals surface area contributed by atoms with Crippen molar-refractivity contribution in [3.05, 3.63) is 28.8 Å². The molecule has 116 valence electrons. The molecule has 1 atom stereocenters. The molecule has 0 bridgehead atoms. The summed E-state index contributed by atoms with van der Waals surface area (Å²) >= 11 is 5.97. The molecule has 1 saturated heterocycles. The molecule has 0 aromatic heterocycles. The molecule has 5 heteroatoms. The second kappa shape index (κ2) is 7.66. The molecule has 0 saturated carbocycles. The number of nitrogens with zero attached hydrogens (tertiary/aromatic N) is 1. The summed E-state index contributed by atoms with van der Waals surface area (Å²) < 4.78 is 5.70. The summed E-state index contributed by atoms with van der Waals surface area (Å²) in [6.45, 7) is 4.17. The summed E-state index contributed by atoms with van der Waals surface area (Å²) in [5, 5.41) is 9.95. The van der Waals surface area contributed by atoms with Gasteiger partial charge >= 0.3 is 5.97 Å². The third-order valence-electron chi connectivity index (χ3n) is 3.89. The smallest absolute Gasteiger partial charge is 0.320 e. The molecule has 4 nitrogen and oxygen atoms in total. The first-order chi connectivity index (χ1) is 10.1. The third kappa shape index (κ3) is 4.61. The normalized spacial score (nSPS) is 19.4. The van der Waals surface area contributed by atoms with Gasteiger partial charge in [-0.15, -0.1) is 0 Å². The van der Waals surface area contributed by atoms with E-state index in [1.165, 1.54) is 0 Å². The number of aliphatic carboxylic acids is 1. The number of carbonyl (C=O) groups is 1. The minimum atomic E-state index is -0.705. The molecule has 1 aliphatic heterocycles. The quantitative estimate of drug-likeness (QED) is 0.818. The lowest BCUT2D eigenvalue weighted by Crippen LogP contribution is -2.45. The molecule has 1 heterocycles. The molecule has 1 aromatic carbocycles. The highest BCUT2D eigenvalue weighted by molar-refractivity contribution is 6.31. The number of rotatable bonds is 6. The summed E-state index contributed by atoms with van der Waals surface area (Å²) in [5.41, 5.74) is 0.996. The molecule has 21 heavy (non-hydrogen) atoms. The molecule has 0 spiro atoms. The number of hydrogen-bond acceptors (Lipinski definition) is 3. The van der Waals surface area contributed by atoms with E-state index in [1.807, 2.05) is 25.1 Å². The number of carboxylic acid groups (broad SMARTS) is 1. The van der Waals surface area contributed by atoms with Crippen LogP contribution in [0.3, 0.4) is 0 Å². The average molecular weight is 312 g/mol. The van der Waals surface area contributed by atoms with Crippen molar-refractivity contribution in [3.63, 3.8) is 0 Å². The summed E-state index contributed by atoms with van der Waals surface area (Å²) in [4.78, 5) is 13.3. The Morgan fingerprint density at radius 2 is 2.29 bits per heavy atom. The van der Waals surface area contributed by atoms with Crippen molar-refractivity contribution in [1.29, 1.82) is 0 Å². The zero-order valence-corrected chi connectivity index (χ0v) is 13.1. The van der Waals surface area contributed by atoms with Crippen molar-refractivity contribution < 1.29 is 14.6 Å². The van der Waals surface area contributed by atoms with Gasteiger partial charge in [-0.05, 0) is 56.5 Å². The molecule has 1 aliphatic rings. The van der Waals surface area contributed by atoms with E-state index in [-0.39, 0.29) is 6.04 Å². The average Bonchev–Trinajstić information content (AvgIpc) is 2.47. The highest BCUT2D eigenvalue weighted by Gasteiger charge is 2.27. The Labute approximate surface area is 130 Å². The Bertz CT molecular complexity index is 492. The summed E-state index contributed by atoms with van der Waals surface area (Å²) in [6.07, 6.45) is 3.67. The van der Waals surface area contributed by atoms with Gasteiger partial charge in [-0.25, -0.2) is 0 Å². The van der Waals surface area contributed by atoms with Crippen LogP contribution >= 0.6 is 11.6 Å². The van der Waals surface area contributed by atoms with Crippen LogP contribution in [0.25, 0.3) is 0 Å². The van der Waals surface area contributed by atoms with Crippen LogP contribution in [-0.4, -0.2) is 41.7 Å². The van der Waals surface area contributed by atoms with E-state index in [0.717, 1.165) is 55.1 Å². The van der Waals surface area contributed by atoms with E-state index in [1.54, 1.807) is 0 Å². The maximum absolute atomic E-state index is 11.2. The standard InChI is InChI=1S/C16H22ClNO3/c1-12-11-13(6-7-14(12)17)21-10-4-9-18-8-3-2-5-15(18)16(19)20/h6-7,11,15H,2-5,8-10H2,1H3,(H,19,20). The Balaban J connectivity index is 1.75. The molecule has 1 unspecified atom stereocenters. The van der Waals surface area contributed by atoms with Crippen LogP contribution in [0.15, 0.2) is 18.2 Å². The zero-order chi connectivity index (χ0) is 15.2. The van der Waals surface area contributed by atoms with Crippen LogP contribution in [-0.2, 0) is 4.79 Å². The molecule has 0 aliphatic carbocycles. The van der Waals surface area contributed by atoms with Crippen LogP contribution < -0.4 is 4.74 Å². The van der Waals surface area contributed by atoms with E-state index < -0.39 is 5.97 Å². The molecular formula is C16H22ClNO3. The van der Waals surface area contributed by atoms with Gasteiger partial charge in [-0.3, -0.25) is 9.69 Å². The Morgan fingerprint density at radius 1 is 1.48 bits per heavy atom. The van der Waals surface area contributed by atoms with Crippen molar-refractivity contribution in [2.45, 2.75) is 38.6 Å². The van der Waals surface area contributed by atoms with Crippen LogP contribution in [0.4, 0.5) is 0 Å². The van der Waals surface area contributed by atoms with E-state index in [4.69, 9.17) is 16.3 Å². The molecule has 2 rings (SSSR count). The summed E-state index contributed by atoms with van der Waals surface area (Å²) in [7, 11) is 0. The summed E-state index contributed by atoms with van der Waals surface area (Å²) in [5.74, 6) is 0.106. The number of hydrogen-bond donors (Lipinski definition) is 1. The van der Waals surface area contributed by atoms with E-state index >= 15 is 0 Å². The van der Waals surface area contributed by atoms with Gasteiger partial charge < -0.3 is 9.84 Å². The third-order valence-corrected chi connectivity index (χ3v) is 4.31. The maximum atomic E-state index is 11.2. The number of halogens is 1. The van der Waals surface area contributed by atoms with Crippen LogP contribution in [0.2, 0.25) is 5.02 Å². The van der Waals surface area contributed by atoms with Crippen LogP contribution in [0.1, 0.15) is 31.2 Å². The molecule has 1 N–H and O–H groups in total. The number of likely N-dealkylation sites (tertiary alicyclic amines) is 1. The minimum absolute atomic E-state index is 0.323. The number of piperidine rings is 1. The first-order valence-corrected chi connectivity index (χ1v) is 7.81. The Kier molecular flexibility index (Phi) is 5.88. The molecule has 1 aromatic rings. The van der Waals surface area contributed by atoms with Crippen molar-refractivity contribution in [2.75, 3.05) is 19.7 Å². The fourth-order valence-electron chi connectivity index (χ4n) is 2.70. The second-order valence-electron chi connectivity index (χ2n) is 5.50. The highest BCUT2D eigenvalue weighted by atomic mass is 35.5. The maximum Gasteiger partial charge on any atom is 0.320 e. The second-order valence-corrected chi connectivity index (χ2v) is 5.91. The topological polar surface area (TPSA) is 49.8 Å². The van der Waals surface area contributed by atoms with Gasteiger partial charge in [0, 0.05) is 11.6 Å². The minimum Gasteiger partial charge on any atom is -0.494 e. The first kappa shape index (κ1) is 16.1. The lowest BCUT2D eigenvalue weighted by atomic mass is 10.0. The first-order valence-electron chi connectivity index (χ1n) is 7.44. The van der Waals surface area contributed by atoms with E-state index in [0.29, 0.717) is 6.61 Å². The largest absolute Gasteiger partial charge is 0.494 e.